The van der Waals surface area contributed by atoms with Gasteiger partial charge in [-0.05, 0) is 64.7 Å². The van der Waals surface area contributed by atoms with Gasteiger partial charge in [-0.25, -0.2) is 4.79 Å². The monoisotopic (exact) mass is 646 g/mol. The Morgan fingerprint density at radius 2 is 0.870 bits per heavy atom. The minimum absolute atomic E-state index is 0.0593. The molecule has 0 N–H and O–H groups in total. The van der Waals surface area contributed by atoms with Crippen LogP contribution in [0.1, 0.15) is 143 Å². The molecule has 4 saturated carbocycles. The minimum atomic E-state index is -0.721. The van der Waals surface area contributed by atoms with Gasteiger partial charge in [-0.3, -0.25) is 0 Å². The Balaban J connectivity index is 1.25. The predicted octanol–water partition coefficient (Wildman–Crippen LogP) is 7.54. The van der Waals surface area contributed by atoms with Gasteiger partial charge in [-0.15, -0.1) is 0 Å². The summed E-state index contributed by atoms with van der Waals surface area (Å²) in [7, 11) is 0. The zero-order chi connectivity index (χ0) is 32.6. The summed E-state index contributed by atoms with van der Waals surface area (Å²) in [6, 6.07) is 0. The molecular formula is C38H62O8. The van der Waals surface area contributed by atoms with Crippen molar-refractivity contribution in [2.24, 2.45) is 0 Å². The number of rotatable bonds is 20. The summed E-state index contributed by atoms with van der Waals surface area (Å²) in [4.78, 5) is 13.2. The van der Waals surface area contributed by atoms with Crippen LogP contribution in [0.5, 0.6) is 0 Å². The van der Waals surface area contributed by atoms with E-state index in [4.69, 9.17) is 33.2 Å². The van der Waals surface area contributed by atoms with Crippen molar-refractivity contribution in [1.82, 2.24) is 0 Å². The lowest BCUT2D eigenvalue weighted by Crippen LogP contribution is -2.74. The smallest absolute Gasteiger partial charge is 0.333 e. The van der Waals surface area contributed by atoms with Crippen LogP contribution < -0.4 is 0 Å². The Labute approximate surface area is 277 Å². The molecule has 0 radical (unpaired) electrons. The van der Waals surface area contributed by atoms with Crippen molar-refractivity contribution >= 4 is 5.97 Å². The van der Waals surface area contributed by atoms with E-state index in [1.807, 2.05) is 0 Å². The second-order valence-electron chi connectivity index (χ2n) is 16.4. The van der Waals surface area contributed by atoms with Gasteiger partial charge >= 0.3 is 5.97 Å². The SMILES string of the molecule is C=C(C)C(=O)OC12CC3(OCCC4(CCC)CCO4)CC(OCCC4(CCC)CCO4)(CC(OCCC4(CCC)CCO4)(C3)C1)C2. The average Bonchev–Trinajstić information content (AvgIpc) is 2.92. The van der Waals surface area contributed by atoms with Gasteiger partial charge in [0, 0.05) is 44.1 Å². The maximum atomic E-state index is 13.2. The zero-order valence-corrected chi connectivity index (χ0v) is 29.4. The van der Waals surface area contributed by atoms with Gasteiger partial charge < -0.3 is 33.2 Å². The molecule has 8 nitrogen and oxygen atoms in total. The quantitative estimate of drug-likeness (QED) is 0.0992. The highest BCUT2D eigenvalue weighted by molar-refractivity contribution is 5.87. The van der Waals surface area contributed by atoms with Crippen molar-refractivity contribution in [2.75, 3.05) is 39.6 Å². The van der Waals surface area contributed by atoms with Crippen molar-refractivity contribution in [1.29, 1.82) is 0 Å². The van der Waals surface area contributed by atoms with E-state index in [1.54, 1.807) is 6.92 Å². The molecule has 3 saturated heterocycles. The summed E-state index contributed by atoms with van der Waals surface area (Å²) in [6.07, 6.45) is 16.8. The second kappa shape index (κ2) is 13.4. The van der Waals surface area contributed by atoms with Gasteiger partial charge in [-0.2, -0.15) is 0 Å². The van der Waals surface area contributed by atoms with Crippen LogP contribution in [-0.2, 0) is 38.0 Å². The van der Waals surface area contributed by atoms with Crippen LogP contribution in [0.2, 0.25) is 0 Å². The van der Waals surface area contributed by atoms with Crippen molar-refractivity contribution in [3.05, 3.63) is 12.2 Å². The van der Waals surface area contributed by atoms with Crippen molar-refractivity contribution < 1.29 is 38.0 Å². The molecule has 7 fully saturated rings. The van der Waals surface area contributed by atoms with Crippen molar-refractivity contribution in [2.45, 2.75) is 182 Å². The van der Waals surface area contributed by atoms with E-state index >= 15 is 0 Å². The maximum Gasteiger partial charge on any atom is 0.333 e. The fraction of sp³-hybridized carbons (Fsp3) is 0.921. The van der Waals surface area contributed by atoms with E-state index in [-0.39, 0.29) is 22.8 Å². The van der Waals surface area contributed by atoms with Crippen LogP contribution in [0.4, 0.5) is 0 Å². The van der Waals surface area contributed by atoms with E-state index in [2.05, 4.69) is 27.4 Å². The van der Waals surface area contributed by atoms with E-state index in [1.165, 1.54) is 0 Å². The number of ether oxygens (including phenoxy) is 7. The largest absolute Gasteiger partial charge is 0.455 e. The van der Waals surface area contributed by atoms with Gasteiger partial charge in [0.05, 0.1) is 73.2 Å². The van der Waals surface area contributed by atoms with E-state index in [9.17, 15) is 4.79 Å². The van der Waals surface area contributed by atoms with E-state index < -0.39 is 22.4 Å². The van der Waals surface area contributed by atoms with Crippen LogP contribution in [0.3, 0.4) is 0 Å². The predicted molar refractivity (Wildman–Crippen MR) is 176 cm³/mol. The lowest BCUT2D eigenvalue weighted by molar-refractivity contribution is -0.331. The maximum absolute atomic E-state index is 13.2. The van der Waals surface area contributed by atoms with E-state index in [0.717, 1.165) is 116 Å². The van der Waals surface area contributed by atoms with Gasteiger partial charge in [0.1, 0.15) is 5.60 Å². The fourth-order valence-corrected chi connectivity index (χ4v) is 10.6. The van der Waals surface area contributed by atoms with Crippen LogP contribution in [0.25, 0.3) is 0 Å². The Hall–Kier alpha value is -1.03. The number of esters is 1. The molecule has 3 heterocycles. The lowest BCUT2D eigenvalue weighted by atomic mass is 9.48. The summed E-state index contributed by atoms with van der Waals surface area (Å²) >= 11 is 0. The number of carbonyl (C=O) groups excluding carboxylic acids is 1. The highest BCUT2D eigenvalue weighted by Gasteiger charge is 2.72. The Bertz CT molecular complexity index is 968. The summed E-state index contributed by atoms with van der Waals surface area (Å²) in [5.41, 5.74) is -1.97. The molecule has 0 aromatic rings. The Kier molecular flexibility index (Phi) is 10.1. The molecule has 8 heteroatoms. The highest BCUT2D eigenvalue weighted by Crippen LogP contribution is 2.66. The van der Waals surface area contributed by atoms with Gasteiger partial charge in [0.25, 0.3) is 0 Å². The molecule has 3 aliphatic heterocycles. The third-order valence-electron chi connectivity index (χ3n) is 12.4. The third-order valence-corrected chi connectivity index (χ3v) is 12.4. The van der Waals surface area contributed by atoms with Gasteiger partial charge in [0.2, 0.25) is 0 Å². The summed E-state index contributed by atoms with van der Waals surface area (Å²) < 4.78 is 46.1. The Morgan fingerprint density at radius 1 is 0.565 bits per heavy atom. The minimum Gasteiger partial charge on any atom is -0.455 e. The average molecular weight is 647 g/mol. The van der Waals surface area contributed by atoms with Crippen molar-refractivity contribution in [3.63, 3.8) is 0 Å². The molecule has 0 aromatic heterocycles. The topological polar surface area (TPSA) is 81.7 Å². The normalized spacial score (nSPS) is 42.3. The number of hydrogen-bond donors (Lipinski definition) is 0. The molecule has 0 amide bonds. The standard InChI is InChI=1S/C38H62O8/c1-6-9-32(12-18-40-32)15-21-43-35-24-36(44-22-16-33(10-7-2)13-19-41-33)26-37(25-35,45-23-17-34(11-8-3)14-20-42-34)29-38(27-35,28-36)46-31(39)30(4)5/h4,6-29H2,1-3,5H3. The van der Waals surface area contributed by atoms with Crippen LogP contribution in [0, 0.1) is 0 Å². The van der Waals surface area contributed by atoms with Crippen molar-refractivity contribution in [3.8, 4) is 0 Å². The molecule has 3 atom stereocenters. The molecule has 0 spiro atoms. The molecule has 0 aromatic carbocycles. The van der Waals surface area contributed by atoms with Gasteiger partial charge in [0.15, 0.2) is 0 Å². The molecule has 46 heavy (non-hydrogen) atoms. The molecule has 4 bridgehead atoms. The number of hydrogen-bond acceptors (Lipinski definition) is 8. The fourth-order valence-electron chi connectivity index (χ4n) is 10.6. The first kappa shape index (κ1) is 34.8. The molecule has 7 rings (SSSR count). The molecule has 262 valence electrons. The summed E-state index contributed by atoms with van der Waals surface area (Å²) in [5, 5.41) is 0. The first-order valence-electron chi connectivity index (χ1n) is 18.7. The second-order valence-corrected chi connectivity index (χ2v) is 16.4. The Morgan fingerprint density at radius 3 is 1.11 bits per heavy atom. The summed E-state index contributed by atoms with van der Waals surface area (Å²) in [5.74, 6) is -0.332. The molecule has 7 aliphatic rings. The first-order chi connectivity index (χ1) is 22.0. The van der Waals surface area contributed by atoms with Crippen LogP contribution in [0.15, 0.2) is 12.2 Å². The molecule has 3 unspecified atom stereocenters. The van der Waals surface area contributed by atoms with Crippen LogP contribution in [-0.4, -0.2) is 84.8 Å². The highest BCUT2D eigenvalue weighted by atomic mass is 16.6. The first-order valence-corrected chi connectivity index (χ1v) is 18.7. The summed E-state index contributed by atoms with van der Waals surface area (Å²) in [6.45, 7) is 16.7. The van der Waals surface area contributed by atoms with E-state index in [0.29, 0.717) is 44.7 Å². The molecular weight excluding hydrogens is 584 g/mol. The third kappa shape index (κ3) is 7.00. The molecule has 4 aliphatic carbocycles. The lowest BCUT2D eigenvalue weighted by Gasteiger charge is -2.68. The van der Waals surface area contributed by atoms with Crippen LogP contribution >= 0.6 is 0 Å². The number of carbonyl (C=O) groups is 1. The zero-order valence-electron chi connectivity index (χ0n) is 29.4. The van der Waals surface area contributed by atoms with Gasteiger partial charge in [-0.1, -0.05) is 46.6 Å².